The van der Waals surface area contributed by atoms with E-state index >= 15 is 0 Å². The van der Waals surface area contributed by atoms with Crippen LogP contribution in [-0.4, -0.2) is 43.2 Å². The van der Waals surface area contributed by atoms with Gasteiger partial charge in [-0.3, -0.25) is 4.79 Å². The Morgan fingerprint density at radius 2 is 1.91 bits per heavy atom. The Morgan fingerprint density at radius 3 is 2.44 bits per heavy atom. The summed E-state index contributed by atoms with van der Waals surface area (Å²) in [7, 11) is 0. The van der Waals surface area contributed by atoms with Gasteiger partial charge in [-0.1, -0.05) is 32.9 Å². The van der Waals surface area contributed by atoms with E-state index in [4.69, 9.17) is 9.15 Å². The number of carbonyl (C=O) groups is 3. The molecule has 0 saturated carbocycles. The molecule has 1 atom stereocenters. The maximum atomic E-state index is 12.5. The average molecular weight is 539 g/mol. The van der Waals surface area contributed by atoms with Gasteiger partial charge in [0.05, 0.1) is 17.9 Å². The molecule has 2 aromatic heterocycles. The molecule has 2 rings (SSSR count). The maximum Gasteiger partial charge on any atom is 0.417 e. The second kappa shape index (κ2) is 11.0. The highest BCUT2D eigenvalue weighted by atomic mass is 79.9. The molecule has 0 saturated heterocycles. The van der Waals surface area contributed by atoms with E-state index in [0.717, 1.165) is 4.57 Å². The van der Waals surface area contributed by atoms with Crippen LogP contribution in [0.4, 0.5) is 9.59 Å². The number of imidazole rings is 1. The Bertz CT molecular complexity index is 1040. The largest absolute Gasteiger partial charge is 0.464 e. The summed E-state index contributed by atoms with van der Waals surface area (Å²) in [4.78, 5) is 44.9. The molecule has 1 unspecified atom stereocenters. The molecule has 10 nitrogen and oxygen atoms in total. The van der Waals surface area contributed by atoms with Gasteiger partial charge in [0.1, 0.15) is 22.3 Å². The van der Waals surface area contributed by atoms with E-state index in [-0.39, 0.29) is 30.3 Å². The Labute approximate surface area is 206 Å². The molecule has 34 heavy (non-hydrogen) atoms. The third-order valence-corrected chi connectivity index (χ3v) is 5.07. The quantitative estimate of drug-likeness (QED) is 0.325. The predicted molar refractivity (Wildman–Crippen MR) is 128 cm³/mol. The van der Waals surface area contributed by atoms with Gasteiger partial charge in [0.2, 0.25) is 5.78 Å². The number of oxazole rings is 1. The molecule has 0 fully saturated rings. The first kappa shape index (κ1) is 27.3. The minimum absolute atomic E-state index is 0.0564. The van der Waals surface area contributed by atoms with E-state index in [9.17, 15) is 19.5 Å². The van der Waals surface area contributed by atoms with Gasteiger partial charge in [0.25, 0.3) is 5.89 Å². The third-order valence-electron chi connectivity index (χ3n) is 4.51. The summed E-state index contributed by atoms with van der Waals surface area (Å²) in [6.07, 6.45) is 5.22. The predicted octanol–water partition coefficient (Wildman–Crippen LogP) is 5.63. The molecule has 2 heterocycles. The number of hydrogen-bond acceptors (Lipinski definition) is 7. The van der Waals surface area contributed by atoms with Crippen LogP contribution in [0.1, 0.15) is 89.1 Å². The molecule has 0 aliphatic carbocycles. The Kier molecular flexibility index (Phi) is 8.82. The molecule has 11 heteroatoms. The number of rotatable bonds is 8. The van der Waals surface area contributed by atoms with Crippen molar-refractivity contribution in [3.05, 3.63) is 46.6 Å². The first-order chi connectivity index (χ1) is 15.7. The highest BCUT2D eigenvalue weighted by Crippen LogP contribution is 2.33. The molecule has 0 radical (unpaired) electrons. The van der Waals surface area contributed by atoms with Crippen LogP contribution in [0.25, 0.3) is 0 Å². The van der Waals surface area contributed by atoms with Crippen LogP contribution in [-0.2, 0) is 10.2 Å². The number of amides is 1. The molecule has 2 aromatic rings. The van der Waals surface area contributed by atoms with Crippen LogP contribution >= 0.6 is 15.9 Å². The molecule has 0 aliphatic rings. The molecule has 2 N–H and O–H groups in total. The maximum absolute atomic E-state index is 12.5. The summed E-state index contributed by atoms with van der Waals surface area (Å²) < 4.78 is 11.8. The van der Waals surface area contributed by atoms with Gasteiger partial charge in [0, 0.05) is 11.8 Å². The second-order valence-corrected chi connectivity index (χ2v) is 10.4. The first-order valence-corrected chi connectivity index (χ1v) is 11.6. The van der Waals surface area contributed by atoms with Crippen LogP contribution < -0.4 is 5.32 Å². The van der Waals surface area contributed by atoms with Gasteiger partial charge in [0.15, 0.2) is 0 Å². The minimum atomic E-state index is -1.21. The van der Waals surface area contributed by atoms with Crippen molar-refractivity contribution in [1.29, 1.82) is 0 Å². The van der Waals surface area contributed by atoms with Gasteiger partial charge in [-0.15, -0.1) is 0 Å². The fourth-order valence-electron chi connectivity index (χ4n) is 3.19. The number of aromatic nitrogens is 3. The molecule has 186 valence electrons. The van der Waals surface area contributed by atoms with E-state index in [1.54, 1.807) is 32.9 Å². The summed E-state index contributed by atoms with van der Waals surface area (Å²) in [6.45, 7) is 10.8. The van der Waals surface area contributed by atoms with Crippen molar-refractivity contribution < 1.29 is 28.6 Å². The smallest absolute Gasteiger partial charge is 0.417 e. The van der Waals surface area contributed by atoms with E-state index < -0.39 is 29.2 Å². The van der Waals surface area contributed by atoms with Gasteiger partial charge in [-0.05, 0) is 49.5 Å². The molecule has 0 aliphatic heterocycles. The van der Waals surface area contributed by atoms with Crippen molar-refractivity contribution >= 4 is 33.9 Å². The molecule has 1 amide bonds. The molecule has 0 aromatic carbocycles. The lowest BCUT2D eigenvalue weighted by molar-refractivity contribution is 0.0500. The topological polar surface area (TPSA) is 137 Å². The number of nitrogens with one attached hydrogen (secondary N) is 1. The van der Waals surface area contributed by atoms with Gasteiger partial charge in [-0.25, -0.2) is 24.1 Å². The summed E-state index contributed by atoms with van der Waals surface area (Å²) >= 11 is 3.37. The summed E-state index contributed by atoms with van der Waals surface area (Å²) in [5.74, 6) is -0.0187. The number of nitrogens with zero attached hydrogens (tertiary/aromatic N) is 3. The number of ketones is 1. The Morgan fingerprint density at radius 1 is 1.24 bits per heavy atom. The summed E-state index contributed by atoms with van der Waals surface area (Å²) in [5.41, 5.74) is -0.800. The normalized spacial score (nSPS) is 13.1. The fraction of sp³-hybridized carbons (Fsp3) is 0.522. The van der Waals surface area contributed by atoms with E-state index in [1.807, 2.05) is 20.8 Å². The molecule has 0 spiro atoms. The molecular weight excluding hydrogens is 508 g/mol. The second-order valence-electron chi connectivity index (χ2n) is 9.68. The molecular formula is C23H31BrN4O6. The third kappa shape index (κ3) is 7.54. The first-order valence-electron chi connectivity index (χ1n) is 10.8. The van der Waals surface area contributed by atoms with Crippen molar-refractivity contribution in [3.63, 3.8) is 0 Å². The van der Waals surface area contributed by atoms with Gasteiger partial charge < -0.3 is 19.6 Å². The van der Waals surface area contributed by atoms with Crippen LogP contribution in [0.2, 0.25) is 0 Å². The average Bonchev–Trinajstić information content (AvgIpc) is 3.32. The lowest BCUT2D eigenvalue weighted by atomic mass is 9.92. The molecule has 0 bridgehead atoms. The number of allylic oxidation sites excluding steroid dienone is 1. The minimum Gasteiger partial charge on any atom is -0.464 e. The monoisotopic (exact) mass is 538 g/mol. The van der Waals surface area contributed by atoms with Crippen molar-refractivity contribution in [2.75, 3.05) is 0 Å². The van der Waals surface area contributed by atoms with Crippen LogP contribution in [0.5, 0.6) is 0 Å². The highest BCUT2D eigenvalue weighted by Gasteiger charge is 2.33. The Balaban J connectivity index is 2.27. The number of Topliss-reactive ketones (excluding diaryl/α,β-unsaturated/α-hetero) is 1. The SMILES string of the molecule is CC(C)(C)OC(=O)NC(CC=CCCC(=O)c1ncco1)c1nc(Br)c(C(C)(C)C)n1C(=O)O. The van der Waals surface area contributed by atoms with Crippen LogP contribution in [0.3, 0.4) is 0 Å². The van der Waals surface area contributed by atoms with Crippen LogP contribution in [0.15, 0.2) is 33.6 Å². The van der Waals surface area contributed by atoms with Crippen molar-refractivity contribution in [3.8, 4) is 0 Å². The van der Waals surface area contributed by atoms with Gasteiger partial charge in [-0.2, -0.15) is 0 Å². The van der Waals surface area contributed by atoms with Crippen LogP contribution in [0, 0.1) is 0 Å². The van der Waals surface area contributed by atoms with Crippen molar-refractivity contribution in [1.82, 2.24) is 19.9 Å². The number of carbonyl (C=O) groups excluding carboxylic acids is 2. The summed E-state index contributed by atoms with van der Waals surface area (Å²) in [6, 6.07) is -0.794. The zero-order valence-electron chi connectivity index (χ0n) is 20.2. The zero-order valence-corrected chi connectivity index (χ0v) is 21.8. The lowest BCUT2D eigenvalue weighted by Crippen LogP contribution is -2.36. The van der Waals surface area contributed by atoms with Gasteiger partial charge >= 0.3 is 12.2 Å². The summed E-state index contributed by atoms with van der Waals surface area (Å²) in [5, 5.41) is 12.7. The number of alkyl carbamates (subject to hydrolysis) is 1. The van der Waals surface area contributed by atoms with Crippen molar-refractivity contribution in [2.24, 2.45) is 0 Å². The standard InChI is InChI=1S/C23H31BrN4O6/c1-22(2,3)16-17(24)27-18(28(16)21(31)32)14(26-20(30)34-23(4,5)6)10-8-7-9-11-15(29)19-25-12-13-33-19/h7-8,12-14H,9-11H2,1-6H3,(H,26,30)(H,31,32). The highest BCUT2D eigenvalue weighted by molar-refractivity contribution is 9.10. The lowest BCUT2D eigenvalue weighted by Gasteiger charge is -2.24. The van der Waals surface area contributed by atoms with E-state index in [1.165, 1.54) is 12.5 Å². The number of carboxylic acid groups (broad SMARTS) is 1. The van der Waals surface area contributed by atoms with E-state index in [2.05, 4.69) is 31.2 Å². The zero-order chi connectivity index (χ0) is 25.7. The van der Waals surface area contributed by atoms with E-state index in [0.29, 0.717) is 16.7 Å². The fourth-order valence-corrected chi connectivity index (χ4v) is 4.15. The number of ether oxygens (including phenoxy) is 1. The number of halogens is 1. The number of hydrogen-bond donors (Lipinski definition) is 2. The van der Waals surface area contributed by atoms with Crippen molar-refractivity contribution in [2.45, 2.75) is 77.9 Å². The Hall–Kier alpha value is -2.95.